The first-order chi connectivity index (χ1) is 8.86. The molecule has 0 unspecified atom stereocenters. The maximum Gasteiger partial charge on any atom is 0.0542 e. The lowest BCUT2D eigenvalue weighted by Crippen LogP contribution is -2.03. The second-order valence-electron chi connectivity index (χ2n) is 4.36. The summed E-state index contributed by atoms with van der Waals surface area (Å²) in [6.07, 6.45) is 3.94. The fraction of sp³-hybridized carbons (Fsp3) is 0.133. The number of aromatic nitrogens is 2. The molecule has 1 aromatic carbocycles. The number of nitrogens with two attached hydrogens (primary N) is 1. The molecule has 2 heterocycles. The van der Waals surface area contributed by atoms with Crippen molar-refractivity contribution in [1.82, 2.24) is 9.55 Å². The number of fused-ring (bicyclic) bond motifs is 1. The van der Waals surface area contributed by atoms with Gasteiger partial charge < -0.3 is 10.3 Å². The molecule has 3 nitrogen and oxygen atoms in total. The highest BCUT2D eigenvalue weighted by Gasteiger charge is 2.01. The van der Waals surface area contributed by atoms with Crippen molar-refractivity contribution in [1.29, 1.82) is 0 Å². The molecular weight excluding hydrogens is 222 g/mol. The van der Waals surface area contributed by atoms with Crippen molar-refractivity contribution >= 4 is 10.9 Å². The van der Waals surface area contributed by atoms with Crippen LogP contribution in [0.15, 0.2) is 54.9 Å². The quantitative estimate of drug-likeness (QED) is 0.760. The molecule has 0 atom stereocenters. The average Bonchev–Trinajstić information content (AvgIpc) is 2.83. The topological polar surface area (TPSA) is 43.8 Å². The molecule has 0 aliphatic heterocycles. The number of para-hydroxylation sites is 1. The van der Waals surface area contributed by atoms with E-state index in [1.807, 2.05) is 12.3 Å². The van der Waals surface area contributed by atoms with E-state index in [-0.39, 0.29) is 0 Å². The molecule has 0 saturated heterocycles. The molecule has 2 N–H and O–H groups in total. The summed E-state index contributed by atoms with van der Waals surface area (Å²) < 4.78 is 2.24. The van der Waals surface area contributed by atoms with Gasteiger partial charge in [-0.2, -0.15) is 0 Å². The van der Waals surface area contributed by atoms with Gasteiger partial charge in [0, 0.05) is 31.0 Å². The molecular formula is C15H15N3. The third kappa shape index (κ3) is 2.00. The molecule has 0 fully saturated rings. The van der Waals surface area contributed by atoms with Crippen LogP contribution in [0, 0.1) is 0 Å². The summed E-state index contributed by atoms with van der Waals surface area (Å²) in [6, 6.07) is 14.6. The third-order valence-electron chi connectivity index (χ3n) is 3.12. The van der Waals surface area contributed by atoms with Crippen LogP contribution in [0.25, 0.3) is 10.9 Å². The van der Waals surface area contributed by atoms with Gasteiger partial charge in [-0.05, 0) is 35.2 Å². The molecule has 0 amide bonds. The average molecular weight is 237 g/mol. The van der Waals surface area contributed by atoms with E-state index >= 15 is 0 Å². The van der Waals surface area contributed by atoms with E-state index in [0.717, 1.165) is 12.2 Å². The van der Waals surface area contributed by atoms with Crippen LogP contribution in [0.3, 0.4) is 0 Å². The fourth-order valence-electron chi connectivity index (χ4n) is 2.21. The Kier molecular flexibility index (Phi) is 2.82. The standard InChI is InChI=1S/C15H15N3/c16-10-14-9-12(5-7-17-14)11-18-8-6-13-3-1-2-4-15(13)18/h1-9H,10-11,16H2. The molecule has 2 aromatic heterocycles. The van der Waals surface area contributed by atoms with E-state index in [2.05, 4.69) is 52.1 Å². The number of hydrogen-bond acceptors (Lipinski definition) is 2. The maximum atomic E-state index is 5.61. The molecule has 0 radical (unpaired) electrons. The van der Waals surface area contributed by atoms with Crippen LogP contribution in [0.4, 0.5) is 0 Å². The molecule has 0 bridgehead atoms. The fourth-order valence-corrected chi connectivity index (χ4v) is 2.21. The summed E-state index contributed by atoms with van der Waals surface area (Å²) in [5.41, 5.74) is 9.03. The van der Waals surface area contributed by atoms with E-state index < -0.39 is 0 Å². The molecule has 3 rings (SSSR count). The van der Waals surface area contributed by atoms with Crippen molar-refractivity contribution < 1.29 is 0 Å². The van der Waals surface area contributed by atoms with Gasteiger partial charge in [0.15, 0.2) is 0 Å². The van der Waals surface area contributed by atoms with Crippen LogP contribution in [0.1, 0.15) is 11.3 Å². The number of pyridine rings is 1. The molecule has 0 aliphatic carbocycles. The Labute approximate surface area is 106 Å². The number of rotatable bonds is 3. The van der Waals surface area contributed by atoms with E-state index in [1.54, 1.807) is 0 Å². The second kappa shape index (κ2) is 4.63. The number of hydrogen-bond donors (Lipinski definition) is 1. The highest BCUT2D eigenvalue weighted by Crippen LogP contribution is 2.16. The van der Waals surface area contributed by atoms with Gasteiger partial charge in [-0.25, -0.2) is 0 Å². The SMILES string of the molecule is NCc1cc(Cn2ccc3ccccc32)ccn1. The summed E-state index contributed by atoms with van der Waals surface area (Å²) in [5, 5.41) is 1.27. The Morgan fingerprint density at radius 1 is 1.11 bits per heavy atom. The van der Waals surface area contributed by atoms with Gasteiger partial charge in [0.25, 0.3) is 0 Å². The molecule has 3 heteroatoms. The van der Waals surface area contributed by atoms with Gasteiger partial charge in [-0.1, -0.05) is 18.2 Å². The normalized spacial score (nSPS) is 10.9. The molecule has 0 spiro atoms. The van der Waals surface area contributed by atoms with E-state index in [0.29, 0.717) is 6.54 Å². The van der Waals surface area contributed by atoms with E-state index in [1.165, 1.54) is 16.5 Å². The lowest BCUT2D eigenvalue weighted by Gasteiger charge is -2.06. The molecule has 90 valence electrons. The molecule has 18 heavy (non-hydrogen) atoms. The van der Waals surface area contributed by atoms with Crippen LogP contribution >= 0.6 is 0 Å². The summed E-state index contributed by atoms with van der Waals surface area (Å²) in [4.78, 5) is 4.22. The van der Waals surface area contributed by atoms with Gasteiger partial charge >= 0.3 is 0 Å². The summed E-state index contributed by atoms with van der Waals surface area (Å²) in [7, 11) is 0. The Bertz CT molecular complexity index is 670. The zero-order chi connectivity index (χ0) is 12.4. The van der Waals surface area contributed by atoms with Crippen molar-refractivity contribution in [2.45, 2.75) is 13.1 Å². The van der Waals surface area contributed by atoms with Gasteiger partial charge in [-0.15, -0.1) is 0 Å². The van der Waals surface area contributed by atoms with Crippen molar-refractivity contribution in [3.63, 3.8) is 0 Å². The minimum absolute atomic E-state index is 0.486. The first-order valence-electron chi connectivity index (χ1n) is 6.04. The van der Waals surface area contributed by atoms with Gasteiger partial charge in [0.05, 0.1) is 5.69 Å². The van der Waals surface area contributed by atoms with Crippen molar-refractivity contribution in [2.75, 3.05) is 0 Å². The summed E-state index contributed by atoms with van der Waals surface area (Å²) >= 11 is 0. The Morgan fingerprint density at radius 3 is 2.89 bits per heavy atom. The summed E-state index contributed by atoms with van der Waals surface area (Å²) in [5.74, 6) is 0. The van der Waals surface area contributed by atoms with E-state index in [9.17, 15) is 0 Å². The number of nitrogens with zero attached hydrogens (tertiary/aromatic N) is 2. The van der Waals surface area contributed by atoms with Crippen LogP contribution < -0.4 is 5.73 Å². The zero-order valence-electron chi connectivity index (χ0n) is 10.1. The summed E-state index contributed by atoms with van der Waals surface area (Å²) in [6.45, 7) is 1.34. The Hall–Kier alpha value is -2.13. The minimum Gasteiger partial charge on any atom is -0.343 e. The highest BCUT2D eigenvalue weighted by molar-refractivity contribution is 5.79. The maximum absolute atomic E-state index is 5.61. The minimum atomic E-state index is 0.486. The van der Waals surface area contributed by atoms with Crippen LogP contribution in [0.5, 0.6) is 0 Å². The first-order valence-corrected chi connectivity index (χ1v) is 6.04. The molecule has 3 aromatic rings. The third-order valence-corrected chi connectivity index (χ3v) is 3.12. The first kappa shape index (κ1) is 11.0. The highest BCUT2D eigenvalue weighted by atomic mass is 14.9. The largest absolute Gasteiger partial charge is 0.343 e. The van der Waals surface area contributed by atoms with Crippen molar-refractivity contribution in [2.24, 2.45) is 5.73 Å². The predicted molar refractivity (Wildman–Crippen MR) is 73.2 cm³/mol. The lowest BCUT2D eigenvalue weighted by molar-refractivity contribution is 0.828. The van der Waals surface area contributed by atoms with E-state index in [4.69, 9.17) is 5.73 Å². The lowest BCUT2D eigenvalue weighted by atomic mass is 10.2. The zero-order valence-corrected chi connectivity index (χ0v) is 10.1. The number of benzene rings is 1. The Balaban J connectivity index is 1.96. The van der Waals surface area contributed by atoms with Crippen LogP contribution in [-0.2, 0) is 13.1 Å². The van der Waals surface area contributed by atoms with Crippen LogP contribution in [-0.4, -0.2) is 9.55 Å². The molecule has 0 saturated carbocycles. The Morgan fingerprint density at radius 2 is 2.00 bits per heavy atom. The van der Waals surface area contributed by atoms with Crippen molar-refractivity contribution in [3.05, 3.63) is 66.1 Å². The predicted octanol–water partition coefficient (Wildman–Crippen LogP) is 2.54. The van der Waals surface area contributed by atoms with Gasteiger partial charge in [0.1, 0.15) is 0 Å². The molecule has 0 aliphatic rings. The monoisotopic (exact) mass is 237 g/mol. The van der Waals surface area contributed by atoms with Crippen LogP contribution in [0.2, 0.25) is 0 Å². The van der Waals surface area contributed by atoms with Gasteiger partial charge in [0.2, 0.25) is 0 Å². The van der Waals surface area contributed by atoms with Crippen molar-refractivity contribution in [3.8, 4) is 0 Å². The van der Waals surface area contributed by atoms with Gasteiger partial charge in [-0.3, -0.25) is 4.98 Å². The smallest absolute Gasteiger partial charge is 0.0542 e. The second-order valence-corrected chi connectivity index (χ2v) is 4.36.